The molecule has 0 nitrogen and oxygen atoms in total. The van der Waals surface area contributed by atoms with Crippen LogP contribution in [0.1, 0.15) is 116 Å². The third-order valence-electron chi connectivity index (χ3n) is 15.6. The van der Waals surface area contributed by atoms with Gasteiger partial charge in [-0.1, -0.05) is 242 Å². The lowest BCUT2D eigenvalue weighted by Crippen LogP contribution is -2.34. The fraction of sp³-hybridized carbons (Fsp3) is 0.400. The molecule has 12 bridgehead atoms. The van der Waals surface area contributed by atoms with E-state index in [4.69, 9.17) is 0 Å². The maximum absolute atomic E-state index is 2.60. The summed E-state index contributed by atoms with van der Waals surface area (Å²) in [4.78, 5) is 0. The molecule has 6 aromatic rings. The molecule has 15 rings (SSSR count). The van der Waals surface area contributed by atoms with Crippen molar-refractivity contribution in [3.05, 3.63) is 212 Å². The zero-order chi connectivity index (χ0) is 44.7. The van der Waals surface area contributed by atoms with Gasteiger partial charge in [-0.25, -0.2) is 0 Å². The van der Waals surface area contributed by atoms with Gasteiger partial charge in [-0.05, 0) is 120 Å². The minimum Gasteiger partial charge on any atom is -0.0689 e. The van der Waals surface area contributed by atoms with E-state index in [0.29, 0.717) is 23.7 Å². The van der Waals surface area contributed by atoms with Crippen LogP contribution < -0.4 is 0 Å². The van der Waals surface area contributed by atoms with E-state index in [1.807, 2.05) is 0 Å². The summed E-state index contributed by atoms with van der Waals surface area (Å²) >= 11 is 0. The van der Waals surface area contributed by atoms with Crippen molar-refractivity contribution in [2.75, 3.05) is 0 Å². The highest BCUT2D eigenvalue weighted by molar-refractivity contribution is 6.77. The van der Waals surface area contributed by atoms with Gasteiger partial charge in [-0.3, -0.25) is 0 Å². The van der Waals surface area contributed by atoms with Crippen molar-refractivity contribution < 1.29 is 0 Å². The van der Waals surface area contributed by atoms with E-state index in [1.165, 1.54) is 96.3 Å². The summed E-state index contributed by atoms with van der Waals surface area (Å²) in [5, 5.41) is 0. The molecule has 4 heteroatoms. The van der Waals surface area contributed by atoms with Crippen LogP contribution in [0.15, 0.2) is 146 Å². The Balaban J connectivity index is 0.945. The van der Waals surface area contributed by atoms with Crippen LogP contribution in [0.3, 0.4) is 0 Å². The van der Waals surface area contributed by atoms with Gasteiger partial charge in [-0.15, -0.1) is 0 Å². The van der Waals surface area contributed by atoms with Gasteiger partial charge >= 0.3 is 0 Å². The zero-order valence-corrected chi connectivity index (χ0v) is 44.7. The van der Waals surface area contributed by atoms with E-state index in [-0.39, 0.29) is 0 Å². The Morgan fingerprint density at radius 3 is 0.625 bits per heavy atom. The summed E-state index contributed by atoms with van der Waals surface area (Å²) in [7, 11) is -6.05. The number of hydrogen-bond acceptors (Lipinski definition) is 0. The lowest BCUT2D eigenvalue weighted by molar-refractivity contribution is 0.346. The lowest BCUT2D eigenvalue weighted by atomic mass is 9.67. The molecule has 2 fully saturated rings. The third-order valence-corrected chi connectivity index (χ3v) is 26.5. The van der Waals surface area contributed by atoms with Crippen molar-refractivity contribution in [2.45, 2.75) is 150 Å². The highest BCUT2D eigenvalue weighted by Gasteiger charge is 2.35. The molecule has 0 aromatic heterocycles. The van der Waals surface area contributed by atoms with Crippen molar-refractivity contribution in [2.24, 2.45) is 0 Å². The normalized spacial score (nSPS) is 24.0. The lowest BCUT2D eigenvalue weighted by Gasteiger charge is -2.38. The minimum absolute atomic E-state index is 0.646. The third kappa shape index (κ3) is 11.2. The molecule has 4 atom stereocenters. The van der Waals surface area contributed by atoms with Gasteiger partial charge in [0.1, 0.15) is 0 Å². The van der Waals surface area contributed by atoms with Gasteiger partial charge in [0, 0.05) is 0 Å². The Bertz CT molecular complexity index is 2160. The van der Waals surface area contributed by atoms with Gasteiger partial charge in [0.2, 0.25) is 0 Å². The first-order chi connectivity index (χ1) is 30.5. The second-order valence-electron chi connectivity index (χ2n) is 24.3. The van der Waals surface area contributed by atoms with Gasteiger partial charge < -0.3 is 0 Å². The van der Waals surface area contributed by atoms with E-state index in [0.717, 1.165) is 0 Å². The fourth-order valence-electron chi connectivity index (χ4n) is 12.5. The first kappa shape index (κ1) is 45.3. The minimum atomic E-state index is -1.51. The monoisotopic (exact) mass is 909 g/mol. The number of rotatable bonds is 0. The second-order valence-corrected chi connectivity index (χ2v) is 44.4. The quantitative estimate of drug-likeness (QED) is 0.133. The average Bonchev–Trinajstić information content (AvgIpc) is 3.19. The van der Waals surface area contributed by atoms with Crippen molar-refractivity contribution in [3.8, 4) is 0 Å². The topological polar surface area (TPSA) is 0 Å². The Labute approximate surface area is 392 Å². The predicted molar refractivity (Wildman–Crippen MR) is 288 cm³/mol. The summed E-state index contributed by atoms with van der Waals surface area (Å²) in [5.41, 5.74) is 18.5. The molecule has 7 aliphatic heterocycles. The van der Waals surface area contributed by atoms with Crippen molar-refractivity contribution in [1.82, 2.24) is 0 Å². The van der Waals surface area contributed by atoms with E-state index in [2.05, 4.69) is 198 Å². The Kier molecular flexibility index (Phi) is 13.1. The predicted octanol–water partition coefficient (Wildman–Crippen LogP) is 15.6. The van der Waals surface area contributed by atoms with Crippen molar-refractivity contribution in [3.63, 3.8) is 0 Å². The summed E-state index contributed by atoms with van der Waals surface area (Å²) in [6.07, 6.45) is 5.23. The molecule has 4 unspecified atom stereocenters. The smallest absolute Gasteiger partial charge is 0.0561 e. The molecule has 0 N–H and O–H groups in total. The molecular formula is C60H76Si4. The average molecular weight is 910 g/mol. The molecule has 7 heterocycles. The highest BCUT2D eigenvalue weighted by atomic mass is 28.3. The van der Waals surface area contributed by atoms with Gasteiger partial charge in [-0.2, -0.15) is 0 Å². The van der Waals surface area contributed by atoms with Crippen LogP contribution in [0.5, 0.6) is 0 Å². The Morgan fingerprint density at radius 1 is 0.250 bits per heavy atom. The molecule has 0 radical (unpaired) electrons. The molecule has 0 amide bonds. The van der Waals surface area contributed by atoms with Crippen LogP contribution >= 0.6 is 0 Å². The highest BCUT2D eigenvalue weighted by Crippen LogP contribution is 2.50. The second kappa shape index (κ2) is 18.5. The van der Waals surface area contributed by atoms with Crippen LogP contribution in [-0.4, -0.2) is 32.3 Å². The summed E-state index contributed by atoms with van der Waals surface area (Å²) in [6.45, 7) is 20.8. The number of hydrogen-bond donors (Lipinski definition) is 0. The number of benzene rings is 6. The van der Waals surface area contributed by atoms with Crippen LogP contribution in [0.25, 0.3) is 0 Å². The summed E-state index contributed by atoms with van der Waals surface area (Å²) in [5.74, 6) is 2.58. The standard InChI is InChI=1S/C60H76Si4/c1-61(2)37-45-15-23-53(24-16-45)57-31-32-58(57)54-25-19-47(20-26-54)39-63(5,6)43-51-13-10-14-52(36-51)44-64(7,8)40-48-21-29-56(30-22-48)60-34-33-59(60)55-27-17-46(18-28-55)38-62(3,4)42-50-12-9-11-49(35-50)41-61/h9-30,35-36,57-60H,31-34,37-44H2,1-8H3. The molecule has 332 valence electrons. The zero-order valence-electron chi connectivity index (χ0n) is 40.7. The molecule has 2 aliphatic carbocycles. The maximum Gasteiger partial charge on any atom is 0.0561 e. The van der Waals surface area contributed by atoms with Crippen LogP contribution in [0, 0.1) is 0 Å². The van der Waals surface area contributed by atoms with Crippen molar-refractivity contribution in [1.29, 1.82) is 0 Å². The molecule has 9 aliphatic rings. The Morgan fingerprint density at radius 2 is 0.438 bits per heavy atom. The van der Waals surface area contributed by atoms with Crippen molar-refractivity contribution >= 4 is 32.3 Å². The van der Waals surface area contributed by atoms with E-state index in [9.17, 15) is 0 Å². The molecule has 64 heavy (non-hydrogen) atoms. The molecule has 0 spiro atoms. The maximum atomic E-state index is 2.60. The SMILES string of the molecule is C[Si]1(C)Cc2ccc(cc2)C2CCC2c2ccc(cc2)C[Si](C)(C)Cc2cccc(c2)C[Si](C)(C)Cc2ccc(cc2)C2CCC2c2ccc(cc2)C[Si](C)(C)Cc2cccc(c2)C1. The molecule has 6 aromatic carbocycles. The molecule has 2 saturated carbocycles. The fourth-order valence-corrected chi connectivity index (χ4v) is 23.7. The van der Waals surface area contributed by atoms with Crippen LogP contribution in [0.2, 0.25) is 52.4 Å². The first-order valence-electron chi connectivity index (χ1n) is 25.0. The van der Waals surface area contributed by atoms with Gasteiger partial charge in [0.05, 0.1) is 32.3 Å². The molecular weight excluding hydrogens is 833 g/mol. The van der Waals surface area contributed by atoms with Gasteiger partial charge in [0.25, 0.3) is 0 Å². The summed E-state index contributed by atoms with van der Waals surface area (Å²) < 4.78 is 0. The first-order valence-corrected chi connectivity index (χ1v) is 38.7. The van der Waals surface area contributed by atoms with Crippen LogP contribution in [0.4, 0.5) is 0 Å². The Hall–Kier alpha value is -3.81. The van der Waals surface area contributed by atoms with E-state index < -0.39 is 32.3 Å². The largest absolute Gasteiger partial charge is 0.0689 e. The summed E-state index contributed by atoms with van der Waals surface area (Å²) in [6, 6.07) is 69.0. The molecule has 0 saturated heterocycles. The van der Waals surface area contributed by atoms with Gasteiger partial charge in [0.15, 0.2) is 0 Å². The van der Waals surface area contributed by atoms with E-state index >= 15 is 0 Å². The van der Waals surface area contributed by atoms with Crippen LogP contribution in [-0.2, 0) is 48.4 Å². The van der Waals surface area contributed by atoms with E-state index in [1.54, 1.807) is 44.5 Å².